The van der Waals surface area contributed by atoms with Gasteiger partial charge in [-0.05, 0) is 36.0 Å². The van der Waals surface area contributed by atoms with Crippen LogP contribution in [0, 0.1) is 17.2 Å². The van der Waals surface area contributed by atoms with Crippen LogP contribution in [0.1, 0.15) is 39.2 Å². The van der Waals surface area contributed by atoms with Crippen molar-refractivity contribution in [2.45, 2.75) is 39.2 Å². The van der Waals surface area contributed by atoms with E-state index in [4.69, 9.17) is 0 Å². The fraction of sp³-hybridized carbons (Fsp3) is 0.588. The summed E-state index contributed by atoms with van der Waals surface area (Å²) in [6, 6.07) is 12.6. The van der Waals surface area contributed by atoms with Crippen LogP contribution in [0.15, 0.2) is 30.3 Å². The monoisotopic (exact) mass is 290 g/mol. The molecule has 0 aliphatic carbocycles. The molecule has 2 nitrogen and oxygen atoms in total. The zero-order valence-electron chi connectivity index (χ0n) is 12.9. The number of nitriles is 1. The van der Waals surface area contributed by atoms with Crippen LogP contribution < -0.4 is 5.32 Å². The molecule has 110 valence electrons. The Morgan fingerprint density at radius 3 is 2.55 bits per heavy atom. The van der Waals surface area contributed by atoms with Crippen LogP contribution in [0.5, 0.6) is 0 Å². The van der Waals surface area contributed by atoms with Crippen molar-refractivity contribution in [1.29, 1.82) is 5.26 Å². The normalized spacial score (nSPS) is 15.3. The van der Waals surface area contributed by atoms with E-state index in [1.165, 1.54) is 12.2 Å². The average Bonchev–Trinajstić information content (AvgIpc) is 2.51. The maximum Gasteiger partial charge on any atom is 0.133 e. The summed E-state index contributed by atoms with van der Waals surface area (Å²) in [5.74, 6) is 2.95. The maximum absolute atomic E-state index is 9.69. The van der Waals surface area contributed by atoms with Gasteiger partial charge in [0.2, 0.25) is 0 Å². The number of benzene rings is 1. The molecule has 0 fully saturated rings. The van der Waals surface area contributed by atoms with Crippen molar-refractivity contribution in [3.63, 3.8) is 0 Å². The van der Waals surface area contributed by atoms with E-state index < -0.39 is 5.54 Å². The highest BCUT2D eigenvalue weighted by atomic mass is 32.2. The first-order valence-corrected chi connectivity index (χ1v) is 8.63. The molecule has 0 heterocycles. The fourth-order valence-corrected chi connectivity index (χ4v) is 3.40. The van der Waals surface area contributed by atoms with E-state index in [0.717, 1.165) is 30.2 Å². The van der Waals surface area contributed by atoms with Crippen LogP contribution in [-0.4, -0.2) is 18.1 Å². The van der Waals surface area contributed by atoms with Crippen molar-refractivity contribution in [2.24, 2.45) is 5.92 Å². The van der Waals surface area contributed by atoms with Gasteiger partial charge in [-0.15, -0.1) is 0 Å². The third-order valence-corrected chi connectivity index (χ3v) is 4.95. The molecule has 0 spiro atoms. The molecule has 2 atom stereocenters. The van der Waals surface area contributed by atoms with Gasteiger partial charge in [-0.3, -0.25) is 5.32 Å². The Hall–Kier alpha value is -0.980. The molecule has 20 heavy (non-hydrogen) atoms. The van der Waals surface area contributed by atoms with E-state index >= 15 is 0 Å². The first-order chi connectivity index (χ1) is 9.68. The lowest BCUT2D eigenvalue weighted by molar-refractivity contribution is 0.428. The van der Waals surface area contributed by atoms with Gasteiger partial charge in [0.15, 0.2) is 0 Å². The van der Waals surface area contributed by atoms with Gasteiger partial charge in [0.05, 0.1) is 6.07 Å². The largest absolute Gasteiger partial charge is 0.296 e. The van der Waals surface area contributed by atoms with Crippen LogP contribution in [0.3, 0.4) is 0 Å². The lowest BCUT2D eigenvalue weighted by Crippen LogP contribution is -2.41. The molecule has 0 aliphatic rings. The Kier molecular flexibility index (Phi) is 7.72. The zero-order chi connectivity index (χ0) is 14.8. The van der Waals surface area contributed by atoms with Crippen molar-refractivity contribution in [2.75, 3.05) is 18.1 Å². The van der Waals surface area contributed by atoms with Gasteiger partial charge in [-0.25, -0.2) is 0 Å². The van der Waals surface area contributed by atoms with Crippen molar-refractivity contribution in [3.8, 4) is 6.07 Å². The Bertz CT molecular complexity index is 413. The molecule has 0 radical (unpaired) electrons. The average molecular weight is 290 g/mol. The summed E-state index contributed by atoms with van der Waals surface area (Å²) in [7, 11) is 0. The molecule has 0 saturated heterocycles. The summed E-state index contributed by atoms with van der Waals surface area (Å²) in [4.78, 5) is 0. The predicted octanol–water partition coefficient (Wildman–Crippen LogP) is 4.18. The van der Waals surface area contributed by atoms with Crippen molar-refractivity contribution >= 4 is 11.8 Å². The summed E-state index contributed by atoms with van der Waals surface area (Å²) < 4.78 is 0. The number of nitrogens with one attached hydrogen (secondary N) is 1. The molecule has 0 bridgehead atoms. The Labute approximate surface area is 128 Å². The molecule has 1 N–H and O–H groups in total. The molecule has 3 heteroatoms. The first-order valence-electron chi connectivity index (χ1n) is 7.48. The van der Waals surface area contributed by atoms with Crippen molar-refractivity contribution in [3.05, 3.63) is 35.9 Å². The second-order valence-electron chi connectivity index (χ2n) is 5.25. The predicted molar refractivity (Wildman–Crippen MR) is 88.8 cm³/mol. The van der Waals surface area contributed by atoms with Crippen LogP contribution in [0.2, 0.25) is 0 Å². The Morgan fingerprint density at radius 2 is 2.00 bits per heavy atom. The van der Waals surface area contributed by atoms with Gasteiger partial charge < -0.3 is 0 Å². The maximum atomic E-state index is 9.69. The van der Waals surface area contributed by atoms with Gasteiger partial charge >= 0.3 is 0 Å². The van der Waals surface area contributed by atoms with E-state index in [0.29, 0.717) is 0 Å². The second kappa shape index (κ2) is 9.05. The molecular weight excluding hydrogens is 264 g/mol. The molecule has 0 aliphatic heterocycles. The molecular formula is C17H26N2S. The minimum Gasteiger partial charge on any atom is -0.296 e. The standard InChI is InChI=1S/C17H26N2S/c1-4-15(3)13-20-12-11-17(14-18,19-5-2)16-9-7-6-8-10-16/h6-10,15,19H,4-5,11-13H2,1-3H3. The van der Waals surface area contributed by atoms with Gasteiger partial charge in [0.1, 0.15) is 5.54 Å². The van der Waals surface area contributed by atoms with Crippen LogP contribution in [0.4, 0.5) is 0 Å². The number of thioether (sulfide) groups is 1. The smallest absolute Gasteiger partial charge is 0.133 e. The molecule has 0 aromatic heterocycles. The third kappa shape index (κ3) is 4.85. The highest BCUT2D eigenvalue weighted by Gasteiger charge is 2.30. The molecule has 2 unspecified atom stereocenters. The van der Waals surface area contributed by atoms with E-state index in [1.54, 1.807) is 0 Å². The lowest BCUT2D eigenvalue weighted by atomic mass is 9.88. The van der Waals surface area contributed by atoms with Crippen LogP contribution in [-0.2, 0) is 5.54 Å². The minimum atomic E-state index is -0.543. The lowest BCUT2D eigenvalue weighted by Gasteiger charge is -2.28. The molecule has 0 amide bonds. The zero-order valence-corrected chi connectivity index (χ0v) is 13.7. The highest BCUT2D eigenvalue weighted by Crippen LogP contribution is 2.27. The molecule has 1 aromatic carbocycles. The van der Waals surface area contributed by atoms with E-state index in [1.807, 2.05) is 42.1 Å². The topological polar surface area (TPSA) is 35.8 Å². The second-order valence-corrected chi connectivity index (χ2v) is 6.40. The SMILES string of the molecule is CCNC(C#N)(CCSCC(C)CC)c1ccccc1. The number of hydrogen-bond donors (Lipinski definition) is 1. The number of nitrogens with zero attached hydrogens (tertiary/aromatic N) is 1. The minimum absolute atomic E-state index is 0.543. The molecule has 0 saturated carbocycles. The highest BCUT2D eigenvalue weighted by molar-refractivity contribution is 7.99. The Morgan fingerprint density at radius 1 is 1.30 bits per heavy atom. The van der Waals surface area contributed by atoms with Crippen LogP contribution >= 0.6 is 11.8 Å². The van der Waals surface area contributed by atoms with E-state index in [-0.39, 0.29) is 0 Å². The van der Waals surface area contributed by atoms with Gasteiger partial charge in [0.25, 0.3) is 0 Å². The summed E-state index contributed by atoms with van der Waals surface area (Å²) in [5, 5.41) is 13.1. The summed E-state index contributed by atoms with van der Waals surface area (Å²) in [5.41, 5.74) is 0.534. The van der Waals surface area contributed by atoms with Gasteiger partial charge in [-0.1, -0.05) is 57.5 Å². The van der Waals surface area contributed by atoms with Crippen molar-refractivity contribution < 1.29 is 0 Å². The van der Waals surface area contributed by atoms with E-state index in [2.05, 4.69) is 32.2 Å². The molecule has 1 rings (SSSR count). The van der Waals surface area contributed by atoms with Crippen LogP contribution in [0.25, 0.3) is 0 Å². The third-order valence-electron chi connectivity index (χ3n) is 3.66. The quantitative estimate of drug-likeness (QED) is 0.693. The summed E-state index contributed by atoms with van der Waals surface area (Å²) in [6.45, 7) is 7.37. The Balaban J connectivity index is 2.68. The first kappa shape index (κ1) is 17.1. The number of hydrogen-bond acceptors (Lipinski definition) is 3. The van der Waals surface area contributed by atoms with Gasteiger partial charge in [0, 0.05) is 0 Å². The number of rotatable bonds is 9. The molecule has 1 aromatic rings. The van der Waals surface area contributed by atoms with Gasteiger partial charge in [-0.2, -0.15) is 17.0 Å². The fourth-order valence-electron chi connectivity index (χ4n) is 2.15. The van der Waals surface area contributed by atoms with Crippen molar-refractivity contribution in [1.82, 2.24) is 5.32 Å². The summed E-state index contributed by atoms with van der Waals surface area (Å²) in [6.07, 6.45) is 2.07. The van der Waals surface area contributed by atoms with E-state index in [9.17, 15) is 5.26 Å². The summed E-state index contributed by atoms with van der Waals surface area (Å²) >= 11 is 1.96.